The van der Waals surface area contributed by atoms with Crippen molar-refractivity contribution >= 4 is 17.4 Å². The quantitative estimate of drug-likeness (QED) is 0.840. The van der Waals surface area contributed by atoms with E-state index in [4.69, 9.17) is 11.6 Å². The fraction of sp³-hybridized carbons (Fsp3) is 0.615. The molecule has 0 spiro atoms. The van der Waals surface area contributed by atoms with Gasteiger partial charge in [0.2, 0.25) is 0 Å². The number of anilines is 1. The maximum atomic E-state index is 12.8. The van der Waals surface area contributed by atoms with Crippen molar-refractivity contribution in [2.24, 2.45) is 5.92 Å². The number of nitrogens with one attached hydrogen (secondary N) is 1. The zero-order valence-electron chi connectivity index (χ0n) is 10.4. The van der Waals surface area contributed by atoms with E-state index in [0.717, 1.165) is 31.7 Å². The van der Waals surface area contributed by atoms with Crippen LogP contribution in [0.2, 0.25) is 0 Å². The molecule has 2 unspecified atom stereocenters. The van der Waals surface area contributed by atoms with E-state index in [9.17, 15) is 13.2 Å². The zero-order chi connectivity index (χ0) is 13.9. The fourth-order valence-electron chi connectivity index (χ4n) is 2.43. The maximum Gasteiger partial charge on any atom is 0.419 e. The average molecular weight is 293 g/mol. The van der Waals surface area contributed by atoms with E-state index in [0.29, 0.717) is 12.5 Å². The normalized spacial score (nSPS) is 24.2. The van der Waals surface area contributed by atoms with Crippen molar-refractivity contribution < 1.29 is 13.2 Å². The first-order valence-corrected chi connectivity index (χ1v) is 6.80. The predicted molar refractivity (Wildman–Crippen MR) is 69.3 cm³/mol. The van der Waals surface area contributed by atoms with Gasteiger partial charge >= 0.3 is 6.18 Å². The smallest absolute Gasteiger partial charge is 0.369 e. The van der Waals surface area contributed by atoms with Crippen LogP contribution in [0.4, 0.5) is 19.0 Å². The standard InChI is InChI=1S/C13H16ClF3N2/c14-10-4-1-3-9(7-10)8-19-12-11(13(15,16)17)5-2-6-18-12/h2,5-6,9-10H,1,3-4,7-8H2,(H,18,19). The van der Waals surface area contributed by atoms with Crippen LogP contribution in [-0.4, -0.2) is 16.9 Å². The van der Waals surface area contributed by atoms with E-state index in [1.807, 2.05) is 0 Å². The van der Waals surface area contributed by atoms with Crippen LogP contribution >= 0.6 is 11.6 Å². The molecule has 1 aliphatic carbocycles. The number of rotatable bonds is 3. The molecule has 1 saturated carbocycles. The summed E-state index contributed by atoms with van der Waals surface area (Å²) in [5, 5.41) is 2.97. The lowest BCUT2D eigenvalue weighted by atomic mass is 9.89. The van der Waals surface area contributed by atoms with Gasteiger partial charge in [0.15, 0.2) is 0 Å². The number of aromatic nitrogens is 1. The second kappa shape index (κ2) is 5.99. The van der Waals surface area contributed by atoms with E-state index >= 15 is 0 Å². The van der Waals surface area contributed by atoms with Crippen LogP contribution in [-0.2, 0) is 6.18 Å². The molecular formula is C13H16ClF3N2. The molecule has 0 bridgehead atoms. The van der Waals surface area contributed by atoms with Gasteiger partial charge in [-0.25, -0.2) is 4.98 Å². The van der Waals surface area contributed by atoms with Crippen molar-refractivity contribution in [3.63, 3.8) is 0 Å². The number of alkyl halides is 4. The molecule has 2 rings (SSSR count). The Morgan fingerprint density at radius 3 is 2.84 bits per heavy atom. The first kappa shape index (κ1) is 14.4. The number of halogens is 4. The van der Waals surface area contributed by atoms with Gasteiger partial charge in [-0.3, -0.25) is 0 Å². The molecule has 1 aromatic rings. The van der Waals surface area contributed by atoms with Gasteiger partial charge in [-0.05, 0) is 37.3 Å². The Morgan fingerprint density at radius 2 is 2.16 bits per heavy atom. The molecule has 2 nitrogen and oxygen atoms in total. The first-order valence-electron chi connectivity index (χ1n) is 6.37. The third-order valence-corrected chi connectivity index (χ3v) is 3.79. The molecule has 2 atom stereocenters. The molecule has 0 saturated heterocycles. The highest BCUT2D eigenvalue weighted by molar-refractivity contribution is 6.20. The van der Waals surface area contributed by atoms with Crippen molar-refractivity contribution in [1.82, 2.24) is 4.98 Å². The summed E-state index contributed by atoms with van der Waals surface area (Å²) in [7, 11) is 0. The number of nitrogens with zero attached hydrogens (tertiary/aromatic N) is 1. The van der Waals surface area contributed by atoms with Gasteiger partial charge in [0.25, 0.3) is 0 Å². The van der Waals surface area contributed by atoms with Crippen molar-refractivity contribution in [3.05, 3.63) is 23.9 Å². The third kappa shape index (κ3) is 4.00. The molecule has 1 N–H and O–H groups in total. The Bertz CT molecular complexity index is 423. The average Bonchev–Trinajstić information content (AvgIpc) is 2.36. The summed E-state index contributed by atoms with van der Waals surface area (Å²) in [5.74, 6) is 0.228. The summed E-state index contributed by atoms with van der Waals surface area (Å²) >= 11 is 6.07. The molecule has 1 fully saturated rings. The predicted octanol–water partition coefficient (Wildman–Crippen LogP) is 4.31. The molecule has 0 aliphatic heterocycles. The molecule has 0 aromatic carbocycles. The summed E-state index contributed by atoms with van der Waals surface area (Å²) in [6, 6.07) is 2.34. The Hall–Kier alpha value is -0.970. The lowest BCUT2D eigenvalue weighted by molar-refractivity contribution is -0.137. The van der Waals surface area contributed by atoms with E-state index in [1.165, 1.54) is 12.3 Å². The Labute approximate surface area is 115 Å². The molecule has 0 radical (unpaired) electrons. The summed E-state index contributed by atoms with van der Waals surface area (Å²) in [5.41, 5.74) is -0.715. The van der Waals surface area contributed by atoms with Gasteiger partial charge in [-0.2, -0.15) is 13.2 Å². The lowest BCUT2D eigenvalue weighted by Gasteiger charge is -2.26. The first-order chi connectivity index (χ1) is 8.97. The molecule has 1 heterocycles. The lowest BCUT2D eigenvalue weighted by Crippen LogP contribution is -2.23. The zero-order valence-corrected chi connectivity index (χ0v) is 11.1. The van der Waals surface area contributed by atoms with Gasteiger partial charge in [-0.1, -0.05) is 6.42 Å². The molecule has 19 heavy (non-hydrogen) atoms. The SMILES string of the molecule is FC(F)(F)c1cccnc1NCC1CCCC(Cl)C1. The minimum atomic E-state index is -4.38. The summed E-state index contributed by atoms with van der Waals surface area (Å²) in [6.45, 7) is 0.489. The van der Waals surface area contributed by atoms with Crippen molar-refractivity contribution in [3.8, 4) is 0 Å². The molecule has 6 heteroatoms. The molecule has 1 aromatic heterocycles. The second-order valence-corrected chi connectivity index (χ2v) is 5.53. The Kier molecular flexibility index (Phi) is 4.55. The largest absolute Gasteiger partial charge is 0.419 e. The number of hydrogen-bond acceptors (Lipinski definition) is 2. The van der Waals surface area contributed by atoms with Crippen LogP contribution in [0, 0.1) is 5.92 Å². The Balaban J connectivity index is 1.99. The highest BCUT2D eigenvalue weighted by Crippen LogP contribution is 2.34. The van der Waals surface area contributed by atoms with Crippen molar-refractivity contribution in [1.29, 1.82) is 0 Å². The van der Waals surface area contributed by atoms with E-state index < -0.39 is 11.7 Å². The van der Waals surface area contributed by atoms with Crippen molar-refractivity contribution in [2.75, 3.05) is 11.9 Å². The third-order valence-electron chi connectivity index (χ3n) is 3.39. The number of pyridine rings is 1. The molecule has 0 amide bonds. The van der Waals surface area contributed by atoms with Gasteiger partial charge in [-0.15, -0.1) is 11.6 Å². The van der Waals surface area contributed by atoms with E-state index in [-0.39, 0.29) is 11.2 Å². The molecular weight excluding hydrogens is 277 g/mol. The highest BCUT2D eigenvalue weighted by Gasteiger charge is 2.34. The topological polar surface area (TPSA) is 24.9 Å². The molecule has 1 aliphatic rings. The van der Waals surface area contributed by atoms with E-state index in [1.54, 1.807) is 0 Å². The maximum absolute atomic E-state index is 12.8. The van der Waals surface area contributed by atoms with Crippen LogP contribution in [0.15, 0.2) is 18.3 Å². The van der Waals surface area contributed by atoms with Crippen LogP contribution in [0.3, 0.4) is 0 Å². The van der Waals surface area contributed by atoms with Crippen LogP contribution in [0.25, 0.3) is 0 Å². The van der Waals surface area contributed by atoms with Crippen LogP contribution < -0.4 is 5.32 Å². The van der Waals surface area contributed by atoms with Gasteiger partial charge in [0.1, 0.15) is 5.82 Å². The van der Waals surface area contributed by atoms with Crippen LogP contribution in [0.1, 0.15) is 31.2 Å². The van der Waals surface area contributed by atoms with Crippen LogP contribution in [0.5, 0.6) is 0 Å². The minimum absolute atomic E-state index is 0.0910. The monoisotopic (exact) mass is 292 g/mol. The molecule has 106 valence electrons. The summed E-state index contributed by atoms with van der Waals surface area (Å²) in [4.78, 5) is 3.78. The summed E-state index contributed by atoms with van der Waals surface area (Å²) < 4.78 is 38.3. The Morgan fingerprint density at radius 1 is 1.37 bits per heavy atom. The second-order valence-electron chi connectivity index (χ2n) is 4.91. The number of hydrogen-bond donors (Lipinski definition) is 1. The van der Waals surface area contributed by atoms with Crippen molar-refractivity contribution in [2.45, 2.75) is 37.2 Å². The minimum Gasteiger partial charge on any atom is -0.369 e. The van der Waals surface area contributed by atoms with Gasteiger partial charge in [0.05, 0.1) is 5.56 Å². The highest BCUT2D eigenvalue weighted by atomic mass is 35.5. The summed E-state index contributed by atoms with van der Waals surface area (Å²) in [6.07, 6.45) is 0.873. The van der Waals surface area contributed by atoms with Gasteiger partial charge in [0, 0.05) is 18.1 Å². The van der Waals surface area contributed by atoms with Gasteiger partial charge < -0.3 is 5.32 Å². The fourth-order valence-corrected chi connectivity index (χ4v) is 2.83. The van der Waals surface area contributed by atoms with E-state index in [2.05, 4.69) is 10.3 Å².